The number of Topliss-reactive ketones (excluding diaryl/α,β-unsaturated/α-hetero) is 1. The molecule has 5 nitrogen and oxygen atoms in total. The second kappa shape index (κ2) is 10.1. The van der Waals surface area contributed by atoms with Gasteiger partial charge in [-0.05, 0) is 49.7 Å². The van der Waals surface area contributed by atoms with Crippen molar-refractivity contribution in [2.75, 3.05) is 23.4 Å². The Morgan fingerprint density at radius 2 is 1.74 bits per heavy atom. The number of carbonyl (C=O) groups is 3. The number of halogens is 1. The standard InChI is InChI=1S/C20H20ClNO4S/c1-13-3-4-14(2)17(9-13)18(23)10-26-20(25)12-27-11-19(24)22-16-7-5-15(21)6-8-16/h3-9H,10-12H2,1-2H3,(H,22,24). The Morgan fingerprint density at radius 1 is 1.04 bits per heavy atom. The SMILES string of the molecule is Cc1ccc(C)c(C(=O)COC(=O)CSCC(=O)Nc2ccc(Cl)cc2)c1. The van der Waals surface area contributed by atoms with Crippen LogP contribution in [0, 0.1) is 13.8 Å². The Labute approximate surface area is 167 Å². The van der Waals surface area contributed by atoms with Crippen molar-refractivity contribution in [2.45, 2.75) is 13.8 Å². The van der Waals surface area contributed by atoms with Gasteiger partial charge in [0.25, 0.3) is 0 Å². The maximum absolute atomic E-state index is 12.2. The molecule has 0 heterocycles. The summed E-state index contributed by atoms with van der Waals surface area (Å²) in [5, 5.41) is 3.29. The monoisotopic (exact) mass is 405 g/mol. The van der Waals surface area contributed by atoms with Gasteiger partial charge in [0.1, 0.15) is 0 Å². The zero-order valence-electron chi connectivity index (χ0n) is 15.1. The molecule has 0 radical (unpaired) electrons. The van der Waals surface area contributed by atoms with Gasteiger partial charge in [-0.3, -0.25) is 14.4 Å². The molecule has 0 unspecified atom stereocenters. The Kier molecular flexibility index (Phi) is 7.88. The number of ketones is 1. The fraction of sp³-hybridized carbons (Fsp3) is 0.250. The van der Waals surface area contributed by atoms with Crippen LogP contribution in [0.5, 0.6) is 0 Å². The topological polar surface area (TPSA) is 72.5 Å². The van der Waals surface area contributed by atoms with Crippen LogP contribution in [-0.2, 0) is 14.3 Å². The van der Waals surface area contributed by atoms with Gasteiger partial charge in [-0.1, -0.05) is 29.3 Å². The fourth-order valence-corrected chi connectivity index (χ4v) is 2.99. The van der Waals surface area contributed by atoms with E-state index in [0.717, 1.165) is 22.9 Å². The summed E-state index contributed by atoms with van der Waals surface area (Å²) < 4.78 is 5.01. The van der Waals surface area contributed by atoms with Crippen molar-refractivity contribution in [2.24, 2.45) is 0 Å². The van der Waals surface area contributed by atoms with Gasteiger partial charge in [0.05, 0.1) is 11.5 Å². The van der Waals surface area contributed by atoms with E-state index in [9.17, 15) is 14.4 Å². The van der Waals surface area contributed by atoms with E-state index in [4.69, 9.17) is 16.3 Å². The lowest BCUT2D eigenvalue weighted by atomic mass is 10.0. The van der Waals surface area contributed by atoms with Gasteiger partial charge in [-0.15, -0.1) is 11.8 Å². The number of nitrogens with one attached hydrogen (secondary N) is 1. The number of benzene rings is 2. The van der Waals surface area contributed by atoms with E-state index in [1.165, 1.54) is 0 Å². The predicted octanol–water partition coefficient (Wildman–Crippen LogP) is 4.05. The highest BCUT2D eigenvalue weighted by Gasteiger charge is 2.13. The van der Waals surface area contributed by atoms with Crippen molar-refractivity contribution in [1.29, 1.82) is 0 Å². The summed E-state index contributed by atoms with van der Waals surface area (Å²) in [4.78, 5) is 35.8. The minimum absolute atomic E-state index is 0.00584. The first-order valence-corrected chi connectivity index (χ1v) is 9.77. The lowest BCUT2D eigenvalue weighted by molar-refractivity contribution is -0.139. The second-order valence-electron chi connectivity index (χ2n) is 5.95. The van der Waals surface area contributed by atoms with Crippen molar-refractivity contribution in [1.82, 2.24) is 0 Å². The maximum atomic E-state index is 12.2. The highest BCUT2D eigenvalue weighted by Crippen LogP contribution is 2.14. The number of thioether (sulfide) groups is 1. The van der Waals surface area contributed by atoms with Crippen molar-refractivity contribution < 1.29 is 19.1 Å². The van der Waals surface area contributed by atoms with Gasteiger partial charge in [0, 0.05) is 16.3 Å². The number of hydrogen-bond acceptors (Lipinski definition) is 5. The molecule has 7 heteroatoms. The first-order valence-electron chi connectivity index (χ1n) is 8.24. The van der Waals surface area contributed by atoms with Crippen molar-refractivity contribution in [3.8, 4) is 0 Å². The van der Waals surface area contributed by atoms with E-state index < -0.39 is 5.97 Å². The lowest BCUT2D eigenvalue weighted by Crippen LogP contribution is -2.18. The quantitative estimate of drug-likeness (QED) is 0.529. The minimum atomic E-state index is -0.530. The van der Waals surface area contributed by atoms with E-state index in [0.29, 0.717) is 16.3 Å². The third-order valence-corrected chi connectivity index (χ3v) is 4.80. The molecule has 0 aliphatic carbocycles. The van der Waals surface area contributed by atoms with Crippen LogP contribution in [0.2, 0.25) is 5.02 Å². The number of anilines is 1. The normalized spacial score (nSPS) is 10.3. The second-order valence-corrected chi connectivity index (χ2v) is 7.37. The number of ether oxygens (including phenoxy) is 1. The largest absolute Gasteiger partial charge is 0.457 e. The number of hydrogen-bond donors (Lipinski definition) is 1. The van der Waals surface area contributed by atoms with Crippen LogP contribution in [0.3, 0.4) is 0 Å². The summed E-state index contributed by atoms with van der Waals surface area (Å²) in [5.74, 6) is -0.911. The predicted molar refractivity (Wildman–Crippen MR) is 109 cm³/mol. The maximum Gasteiger partial charge on any atom is 0.316 e. The van der Waals surface area contributed by atoms with Gasteiger partial charge < -0.3 is 10.1 Å². The van der Waals surface area contributed by atoms with Crippen LogP contribution in [0.25, 0.3) is 0 Å². The van der Waals surface area contributed by atoms with E-state index >= 15 is 0 Å². The van der Waals surface area contributed by atoms with Crippen molar-refractivity contribution in [3.05, 3.63) is 64.2 Å². The molecular formula is C20H20ClNO4S. The van der Waals surface area contributed by atoms with Crippen LogP contribution in [-0.4, -0.2) is 35.8 Å². The summed E-state index contributed by atoms with van der Waals surface area (Å²) in [6.07, 6.45) is 0. The van der Waals surface area contributed by atoms with E-state index in [1.807, 2.05) is 26.0 Å². The zero-order valence-corrected chi connectivity index (χ0v) is 16.7. The summed E-state index contributed by atoms with van der Waals surface area (Å²) >= 11 is 6.90. The molecule has 0 aromatic heterocycles. The smallest absolute Gasteiger partial charge is 0.316 e. The Bertz CT molecular complexity index is 836. The highest BCUT2D eigenvalue weighted by atomic mass is 35.5. The molecule has 2 aromatic rings. The summed E-state index contributed by atoms with van der Waals surface area (Å²) in [6, 6.07) is 12.3. The number of esters is 1. The van der Waals surface area contributed by atoms with Gasteiger partial charge >= 0.3 is 5.97 Å². The summed E-state index contributed by atoms with van der Waals surface area (Å²) in [5.41, 5.74) is 3.00. The van der Waals surface area contributed by atoms with E-state index in [1.54, 1.807) is 30.3 Å². The summed E-state index contributed by atoms with van der Waals surface area (Å²) in [7, 11) is 0. The molecular weight excluding hydrogens is 386 g/mol. The Hall–Kier alpha value is -2.31. The number of amides is 1. The molecule has 0 saturated carbocycles. The fourth-order valence-electron chi connectivity index (χ4n) is 2.26. The summed E-state index contributed by atoms with van der Waals surface area (Å²) in [6.45, 7) is 3.43. The van der Waals surface area contributed by atoms with Crippen LogP contribution in [0.1, 0.15) is 21.5 Å². The van der Waals surface area contributed by atoms with Crippen molar-refractivity contribution >= 4 is 46.7 Å². The molecule has 0 atom stereocenters. The minimum Gasteiger partial charge on any atom is -0.457 e. The first kappa shape index (κ1) is 21.0. The molecule has 2 aromatic carbocycles. The number of carbonyl (C=O) groups excluding carboxylic acids is 3. The number of rotatable bonds is 8. The third-order valence-electron chi connectivity index (χ3n) is 3.64. The molecule has 142 valence electrons. The molecule has 0 aliphatic rings. The Morgan fingerprint density at radius 3 is 2.44 bits per heavy atom. The third kappa shape index (κ3) is 7.07. The molecule has 0 spiro atoms. The molecule has 0 saturated heterocycles. The molecule has 0 bridgehead atoms. The van der Waals surface area contributed by atoms with Crippen LogP contribution in [0.15, 0.2) is 42.5 Å². The molecule has 0 fully saturated rings. The van der Waals surface area contributed by atoms with E-state index in [-0.39, 0.29) is 29.8 Å². The van der Waals surface area contributed by atoms with Gasteiger partial charge in [0.2, 0.25) is 11.7 Å². The molecule has 1 amide bonds. The zero-order chi connectivity index (χ0) is 19.8. The van der Waals surface area contributed by atoms with E-state index in [2.05, 4.69) is 5.32 Å². The Balaban J connectivity index is 1.70. The first-order chi connectivity index (χ1) is 12.8. The molecule has 27 heavy (non-hydrogen) atoms. The average Bonchev–Trinajstić information content (AvgIpc) is 2.63. The van der Waals surface area contributed by atoms with Crippen molar-refractivity contribution in [3.63, 3.8) is 0 Å². The molecule has 2 rings (SSSR count). The van der Waals surface area contributed by atoms with Crippen LogP contribution < -0.4 is 5.32 Å². The van der Waals surface area contributed by atoms with Crippen LogP contribution >= 0.6 is 23.4 Å². The van der Waals surface area contributed by atoms with Gasteiger partial charge in [-0.25, -0.2) is 0 Å². The van der Waals surface area contributed by atoms with Crippen LogP contribution in [0.4, 0.5) is 5.69 Å². The molecule has 1 N–H and O–H groups in total. The molecule has 0 aliphatic heterocycles. The van der Waals surface area contributed by atoms with Gasteiger partial charge in [-0.2, -0.15) is 0 Å². The average molecular weight is 406 g/mol. The number of aryl methyl sites for hydroxylation is 2. The highest BCUT2D eigenvalue weighted by molar-refractivity contribution is 8.00. The lowest BCUT2D eigenvalue weighted by Gasteiger charge is -2.08. The van der Waals surface area contributed by atoms with Gasteiger partial charge in [0.15, 0.2) is 6.61 Å².